The van der Waals surface area contributed by atoms with E-state index < -0.39 is 0 Å². The molecule has 0 radical (unpaired) electrons. The lowest BCUT2D eigenvalue weighted by molar-refractivity contribution is -0.117. The zero-order valence-electron chi connectivity index (χ0n) is 12.1. The second-order valence-electron chi connectivity index (χ2n) is 4.75. The van der Waals surface area contributed by atoms with E-state index in [2.05, 4.69) is 11.9 Å². The number of para-hydroxylation sites is 1. The Morgan fingerprint density at radius 2 is 1.86 bits per heavy atom. The summed E-state index contributed by atoms with van der Waals surface area (Å²) in [6.45, 7) is 5.89. The van der Waals surface area contributed by atoms with Crippen LogP contribution in [0.3, 0.4) is 0 Å². The highest BCUT2D eigenvalue weighted by molar-refractivity contribution is 5.87. The van der Waals surface area contributed by atoms with Crippen LogP contribution < -0.4 is 10.1 Å². The summed E-state index contributed by atoms with van der Waals surface area (Å²) in [4.78, 5) is 11.4. The van der Waals surface area contributed by atoms with E-state index in [-0.39, 0.29) is 11.9 Å². The summed E-state index contributed by atoms with van der Waals surface area (Å²) in [6.07, 6.45) is 1.27. The number of nitrogens with one attached hydrogen (secondary N) is 1. The predicted molar refractivity (Wildman–Crippen MR) is 84.0 cm³/mol. The van der Waals surface area contributed by atoms with Crippen LogP contribution in [0.2, 0.25) is 0 Å². The fourth-order valence-electron chi connectivity index (χ4n) is 2.06. The van der Waals surface area contributed by atoms with Crippen LogP contribution in [0.15, 0.2) is 67.3 Å². The molecular formula is C18H19NO2. The minimum absolute atomic E-state index is 0.137. The monoisotopic (exact) mass is 281 g/mol. The van der Waals surface area contributed by atoms with Crippen molar-refractivity contribution in [3.8, 4) is 5.75 Å². The molecule has 0 aliphatic heterocycles. The molecule has 21 heavy (non-hydrogen) atoms. The summed E-state index contributed by atoms with van der Waals surface area (Å²) in [5, 5.41) is 2.85. The zero-order valence-corrected chi connectivity index (χ0v) is 12.1. The van der Waals surface area contributed by atoms with Crippen LogP contribution in [-0.4, -0.2) is 5.91 Å². The first-order chi connectivity index (χ1) is 10.2. The van der Waals surface area contributed by atoms with E-state index >= 15 is 0 Å². The van der Waals surface area contributed by atoms with Crippen molar-refractivity contribution in [3.63, 3.8) is 0 Å². The van der Waals surface area contributed by atoms with Crippen molar-refractivity contribution in [3.05, 3.63) is 78.4 Å². The topological polar surface area (TPSA) is 38.3 Å². The van der Waals surface area contributed by atoms with Crippen LogP contribution in [0.25, 0.3) is 0 Å². The lowest BCUT2D eigenvalue weighted by Gasteiger charge is -2.17. The maximum absolute atomic E-state index is 11.4. The van der Waals surface area contributed by atoms with E-state index in [1.54, 1.807) is 0 Å². The molecule has 1 N–H and O–H groups in total. The minimum Gasteiger partial charge on any atom is -0.489 e. The maximum atomic E-state index is 11.4. The van der Waals surface area contributed by atoms with Gasteiger partial charge in [-0.3, -0.25) is 4.79 Å². The maximum Gasteiger partial charge on any atom is 0.243 e. The minimum atomic E-state index is -0.194. The standard InChI is InChI=1S/C18H19NO2/c1-3-18(20)19-14(2)16-11-7-8-12-17(16)21-13-15-9-5-4-6-10-15/h3-12,14H,1,13H2,2H3,(H,19,20)/t14-/m1/s1. The molecule has 0 unspecified atom stereocenters. The summed E-state index contributed by atoms with van der Waals surface area (Å²) in [5.74, 6) is 0.582. The molecule has 0 heterocycles. The first-order valence-electron chi connectivity index (χ1n) is 6.89. The van der Waals surface area contributed by atoms with Gasteiger partial charge in [-0.2, -0.15) is 0 Å². The molecule has 2 rings (SSSR count). The highest BCUT2D eigenvalue weighted by atomic mass is 16.5. The lowest BCUT2D eigenvalue weighted by Crippen LogP contribution is -2.24. The molecule has 0 aromatic heterocycles. The van der Waals surface area contributed by atoms with Crippen LogP contribution in [0.4, 0.5) is 0 Å². The third-order valence-electron chi connectivity index (χ3n) is 3.17. The Balaban J connectivity index is 2.09. The van der Waals surface area contributed by atoms with E-state index in [0.29, 0.717) is 6.61 Å². The largest absolute Gasteiger partial charge is 0.489 e. The lowest BCUT2D eigenvalue weighted by atomic mass is 10.1. The van der Waals surface area contributed by atoms with Crippen LogP contribution in [0.1, 0.15) is 24.1 Å². The van der Waals surface area contributed by atoms with Gasteiger partial charge in [0, 0.05) is 5.56 Å². The molecule has 108 valence electrons. The third-order valence-corrected chi connectivity index (χ3v) is 3.17. The van der Waals surface area contributed by atoms with Crippen molar-refractivity contribution in [2.75, 3.05) is 0 Å². The van der Waals surface area contributed by atoms with E-state index in [1.165, 1.54) is 6.08 Å². The predicted octanol–water partition coefficient (Wildman–Crippen LogP) is 3.63. The number of amides is 1. The highest BCUT2D eigenvalue weighted by Crippen LogP contribution is 2.25. The molecule has 0 saturated carbocycles. The van der Waals surface area contributed by atoms with E-state index in [0.717, 1.165) is 16.9 Å². The Morgan fingerprint density at radius 3 is 2.57 bits per heavy atom. The molecule has 0 spiro atoms. The Bertz CT molecular complexity index is 608. The fourth-order valence-corrected chi connectivity index (χ4v) is 2.06. The average Bonchev–Trinajstić information content (AvgIpc) is 2.54. The number of hydrogen-bond donors (Lipinski definition) is 1. The van der Waals surface area contributed by atoms with Crippen LogP contribution in [0, 0.1) is 0 Å². The third kappa shape index (κ3) is 4.21. The highest BCUT2D eigenvalue weighted by Gasteiger charge is 2.12. The summed E-state index contributed by atoms with van der Waals surface area (Å²) in [7, 11) is 0. The molecule has 3 heteroatoms. The van der Waals surface area contributed by atoms with Crippen LogP contribution in [-0.2, 0) is 11.4 Å². The van der Waals surface area contributed by atoms with Crippen molar-refractivity contribution < 1.29 is 9.53 Å². The molecule has 3 nitrogen and oxygen atoms in total. The number of carbonyl (C=O) groups excluding carboxylic acids is 1. The molecule has 0 bridgehead atoms. The second kappa shape index (κ2) is 7.29. The Hall–Kier alpha value is -2.55. The van der Waals surface area contributed by atoms with Gasteiger partial charge in [-0.15, -0.1) is 0 Å². The SMILES string of the molecule is C=CC(=O)N[C@H](C)c1ccccc1OCc1ccccc1. The molecule has 1 atom stereocenters. The number of rotatable bonds is 6. The van der Waals surface area contributed by atoms with Gasteiger partial charge in [-0.1, -0.05) is 55.1 Å². The Kier molecular flexibility index (Phi) is 5.16. The number of hydrogen-bond acceptors (Lipinski definition) is 2. The van der Waals surface area contributed by atoms with Gasteiger partial charge in [0.15, 0.2) is 0 Å². The zero-order chi connectivity index (χ0) is 15.1. The molecular weight excluding hydrogens is 262 g/mol. The molecule has 0 saturated heterocycles. The summed E-state index contributed by atoms with van der Waals surface area (Å²) < 4.78 is 5.88. The quantitative estimate of drug-likeness (QED) is 0.821. The summed E-state index contributed by atoms with van der Waals surface area (Å²) >= 11 is 0. The molecule has 0 aliphatic rings. The van der Waals surface area contributed by atoms with Gasteiger partial charge >= 0.3 is 0 Å². The molecule has 2 aromatic rings. The average molecular weight is 281 g/mol. The molecule has 0 aliphatic carbocycles. The number of ether oxygens (including phenoxy) is 1. The van der Waals surface area contributed by atoms with Gasteiger partial charge in [-0.25, -0.2) is 0 Å². The smallest absolute Gasteiger partial charge is 0.243 e. The summed E-state index contributed by atoms with van der Waals surface area (Å²) in [5.41, 5.74) is 2.05. The molecule has 1 amide bonds. The molecule has 2 aromatic carbocycles. The van der Waals surface area contributed by atoms with Gasteiger partial charge in [-0.05, 0) is 24.6 Å². The first-order valence-corrected chi connectivity index (χ1v) is 6.89. The van der Waals surface area contributed by atoms with Gasteiger partial charge < -0.3 is 10.1 Å². The van der Waals surface area contributed by atoms with E-state index in [4.69, 9.17) is 4.74 Å². The van der Waals surface area contributed by atoms with Crippen molar-refractivity contribution in [2.45, 2.75) is 19.6 Å². The molecule has 0 fully saturated rings. The number of carbonyl (C=O) groups is 1. The van der Waals surface area contributed by atoms with Gasteiger partial charge in [0.2, 0.25) is 5.91 Å². The van der Waals surface area contributed by atoms with Crippen molar-refractivity contribution in [1.29, 1.82) is 0 Å². The van der Waals surface area contributed by atoms with E-state index in [9.17, 15) is 4.79 Å². The fraction of sp³-hybridized carbons (Fsp3) is 0.167. The first kappa shape index (κ1) is 14.9. The summed E-state index contributed by atoms with van der Waals surface area (Å²) in [6, 6.07) is 17.6. The van der Waals surface area contributed by atoms with Gasteiger partial charge in [0.1, 0.15) is 12.4 Å². The Labute approximate surface area is 125 Å². The van der Waals surface area contributed by atoms with Crippen molar-refractivity contribution >= 4 is 5.91 Å². The van der Waals surface area contributed by atoms with Crippen molar-refractivity contribution in [2.24, 2.45) is 0 Å². The second-order valence-corrected chi connectivity index (χ2v) is 4.75. The van der Waals surface area contributed by atoms with E-state index in [1.807, 2.05) is 61.5 Å². The Morgan fingerprint density at radius 1 is 1.19 bits per heavy atom. The van der Waals surface area contributed by atoms with Crippen molar-refractivity contribution in [1.82, 2.24) is 5.32 Å². The van der Waals surface area contributed by atoms with Gasteiger partial charge in [0.05, 0.1) is 6.04 Å². The van der Waals surface area contributed by atoms with Gasteiger partial charge in [0.25, 0.3) is 0 Å². The van der Waals surface area contributed by atoms with Crippen LogP contribution in [0.5, 0.6) is 5.75 Å². The van der Waals surface area contributed by atoms with Crippen LogP contribution >= 0.6 is 0 Å². The number of benzene rings is 2. The normalized spacial score (nSPS) is 11.5.